The van der Waals surface area contributed by atoms with E-state index in [0.29, 0.717) is 24.4 Å². The van der Waals surface area contributed by atoms with Crippen molar-refractivity contribution in [2.75, 3.05) is 13.2 Å². The lowest BCUT2D eigenvalue weighted by Gasteiger charge is -2.37. The van der Waals surface area contributed by atoms with E-state index >= 15 is 0 Å². The zero-order valence-electron chi connectivity index (χ0n) is 9.12. The van der Waals surface area contributed by atoms with Crippen molar-refractivity contribution in [3.8, 4) is 0 Å². The number of ether oxygens (including phenoxy) is 2. The molecule has 0 aromatic rings. The molecule has 0 bridgehead atoms. The van der Waals surface area contributed by atoms with Crippen LogP contribution in [0.4, 0.5) is 0 Å². The zero-order chi connectivity index (χ0) is 11.2. The van der Waals surface area contributed by atoms with Gasteiger partial charge in [-0.05, 0) is 6.92 Å². The molecule has 15 heavy (non-hydrogen) atoms. The normalized spacial score (nSPS) is 23.9. The summed E-state index contributed by atoms with van der Waals surface area (Å²) in [5.41, 5.74) is 0.899. The van der Waals surface area contributed by atoms with Crippen LogP contribution in [0.5, 0.6) is 0 Å². The van der Waals surface area contributed by atoms with Crippen LogP contribution in [0.1, 0.15) is 20.8 Å². The Labute approximate surface area is 88.2 Å². The van der Waals surface area contributed by atoms with Gasteiger partial charge in [0.1, 0.15) is 0 Å². The highest BCUT2D eigenvalue weighted by molar-refractivity contribution is 6.22. The standard InChI is InChI=1S/C11H14O4/c1-6(2)9(12)8-7(3)10(13)11(8)14-4-5-15-11/h6H,4-5H2,1-3H3. The minimum atomic E-state index is -1.34. The van der Waals surface area contributed by atoms with Crippen LogP contribution >= 0.6 is 0 Å². The first-order valence-corrected chi connectivity index (χ1v) is 5.09. The van der Waals surface area contributed by atoms with E-state index in [1.807, 2.05) is 0 Å². The summed E-state index contributed by atoms with van der Waals surface area (Å²) >= 11 is 0. The van der Waals surface area contributed by atoms with Crippen molar-refractivity contribution in [1.29, 1.82) is 0 Å². The number of carbonyl (C=O) groups is 2. The maximum absolute atomic E-state index is 11.9. The molecular formula is C11H14O4. The van der Waals surface area contributed by atoms with Gasteiger partial charge in [0.05, 0.1) is 18.8 Å². The topological polar surface area (TPSA) is 52.6 Å². The van der Waals surface area contributed by atoms with Crippen LogP contribution in [0.3, 0.4) is 0 Å². The van der Waals surface area contributed by atoms with Crippen molar-refractivity contribution in [3.63, 3.8) is 0 Å². The van der Waals surface area contributed by atoms with Gasteiger partial charge in [-0.3, -0.25) is 9.59 Å². The predicted octanol–water partition coefficient (Wildman–Crippen LogP) is 0.854. The smallest absolute Gasteiger partial charge is 0.265 e. The predicted molar refractivity (Wildman–Crippen MR) is 52.2 cm³/mol. The largest absolute Gasteiger partial charge is 0.337 e. The lowest BCUT2D eigenvalue weighted by atomic mass is 9.76. The van der Waals surface area contributed by atoms with Crippen molar-refractivity contribution in [2.24, 2.45) is 5.92 Å². The van der Waals surface area contributed by atoms with Gasteiger partial charge in [0.15, 0.2) is 5.78 Å². The van der Waals surface area contributed by atoms with Crippen molar-refractivity contribution in [2.45, 2.75) is 26.6 Å². The minimum absolute atomic E-state index is 0.0611. The van der Waals surface area contributed by atoms with Crippen LogP contribution < -0.4 is 0 Å². The van der Waals surface area contributed by atoms with Gasteiger partial charge >= 0.3 is 0 Å². The van der Waals surface area contributed by atoms with E-state index in [9.17, 15) is 9.59 Å². The third-order valence-corrected chi connectivity index (χ3v) is 2.81. The van der Waals surface area contributed by atoms with Gasteiger partial charge in [0.2, 0.25) is 5.78 Å². The fraction of sp³-hybridized carbons (Fsp3) is 0.636. The molecule has 0 N–H and O–H groups in total. The number of rotatable bonds is 2. The number of hydrogen-bond donors (Lipinski definition) is 0. The fourth-order valence-corrected chi connectivity index (χ4v) is 1.98. The first-order valence-electron chi connectivity index (χ1n) is 5.09. The molecule has 0 unspecified atom stereocenters. The molecule has 0 saturated carbocycles. The maximum atomic E-state index is 11.9. The van der Waals surface area contributed by atoms with Crippen LogP contribution in [-0.2, 0) is 19.1 Å². The van der Waals surface area contributed by atoms with E-state index in [1.165, 1.54) is 0 Å². The maximum Gasteiger partial charge on any atom is 0.265 e. The summed E-state index contributed by atoms with van der Waals surface area (Å²) in [5.74, 6) is -1.75. The minimum Gasteiger partial charge on any atom is -0.337 e. The SMILES string of the molecule is CC1=C(C(=O)C(C)C)C2(OCCO2)C1=O. The summed E-state index contributed by atoms with van der Waals surface area (Å²) in [6.45, 7) is 5.98. The van der Waals surface area contributed by atoms with E-state index < -0.39 is 5.79 Å². The molecule has 1 fully saturated rings. The molecule has 0 atom stereocenters. The van der Waals surface area contributed by atoms with Crippen molar-refractivity contribution < 1.29 is 19.1 Å². The van der Waals surface area contributed by atoms with Crippen LogP contribution in [0, 0.1) is 5.92 Å². The summed E-state index contributed by atoms with van der Waals surface area (Å²) in [4.78, 5) is 23.5. The van der Waals surface area contributed by atoms with Crippen LogP contribution in [0.2, 0.25) is 0 Å². The van der Waals surface area contributed by atoms with E-state index in [2.05, 4.69) is 0 Å². The highest BCUT2D eigenvalue weighted by Gasteiger charge is 2.59. The summed E-state index contributed by atoms with van der Waals surface area (Å²) in [6, 6.07) is 0. The molecule has 1 spiro atoms. The van der Waals surface area contributed by atoms with E-state index in [-0.39, 0.29) is 17.5 Å². The molecule has 2 rings (SSSR count). The number of ketones is 2. The third kappa shape index (κ3) is 1.21. The van der Waals surface area contributed by atoms with Crippen LogP contribution in [0.25, 0.3) is 0 Å². The average Bonchev–Trinajstić information content (AvgIpc) is 2.68. The van der Waals surface area contributed by atoms with Crippen molar-refractivity contribution in [1.82, 2.24) is 0 Å². The first-order chi connectivity index (χ1) is 7.00. The molecular weight excluding hydrogens is 196 g/mol. The van der Waals surface area contributed by atoms with Gasteiger partial charge in [-0.2, -0.15) is 0 Å². The molecule has 0 aromatic carbocycles. The second kappa shape index (κ2) is 3.25. The molecule has 0 radical (unpaired) electrons. The Bertz CT molecular complexity index is 359. The molecule has 82 valence electrons. The molecule has 1 aliphatic heterocycles. The lowest BCUT2D eigenvalue weighted by Crippen LogP contribution is -2.54. The molecule has 4 heteroatoms. The van der Waals surface area contributed by atoms with Gasteiger partial charge in [-0.1, -0.05) is 13.8 Å². The summed E-state index contributed by atoms with van der Waals surface area (Å²) in [6.07, 6.45) is 0. The van der Waals surface area contributed by atoms with E-state index in [4.69, 9.17) is 9.47 Å². The van der Waals surface area contributed by atoms with Crippen LogP contribution in [-0.4, -0.2) is 30.6 Å². The van der Waals surface area contributed by atoms with E-state index in [1.54, 1.807) is 20.8 Å². The molecule has 4 nitrogen and oxygen atoms in total. The fourth-order valence-electron chi connectivity index (χ4n) is 1.98. The number of carbonyl (C=O) groups excluding carboxylic acids is 2. The van der Waals surface area contributed by atoms with Gasteiger partial charge < -0.3 is 9.47 Å². The second-order valence-corrected chi connectivity index (χ2v) is 4.16. The number of hydrogen-bond acceptors (Lipinski definition) is 4. The zero-order valence-corrected chi connectivity index (χ0v) is 9.12. The Morgan fingerprint density at radius 2 is 1.87 bits per heavy atom. The molecule has 1 heterocycles. The molecule has 0 amide bonds. The highest BCUT2D eigenvalue weighted by Crippen LogP contribution is 2.43. The highest BCUT2D eigenvalue weighted by atomic mass is 16.7. The van der Waals surface area contributed by atoms with Gasteiger partial charge in [-0.25, -0.2) is 0 Å². The monoisotopic (exact) mass is 210 g/mol. The Hall–Kier alpha value is -1.00. The number of Topliss-reactive ketones (excluding diaryl/α,β-unsaturated/α-hetero) is 2. The van der Waals surface area contributed by atoms with E-state index in [0.717, 1.165) is 0 Å². The quantitative estimate of drug-likeness (QED) is 0.678. The third-order valence-electron chi connectivity index (χ3n) is 2.81. The van der Waals surface area contributed by atoms with Gasteiger partial charge in [0.25, 0.3) is 5.79 Å². The summed E-state index contributed by atoms with van der Waals surface area (Å²) in [7, 11) is 0. The Morgan fingerprint density at radius 1 is 1.33 bits per heavy atom. The first kappa shape index (κ1) is 10.5. The van der Waals surface area contributed by atoms with Crippen molar-refractivity contribution >= 4 is 11.6 Å². The van der Waals surface area contributed by atoms with Crippen molar-refractivity contribution in [3.05, 3.63) is 11.1 Å². The lowest BCUT2D eigenvalue weighted by molar-refractivity contribution is -0.174. The Morgan fingerprint density at radius 3 is 2.33 bits per heavy atom. The van der Waals surface area contributed by atoms with Gasteiger partial charge in [-0.15, -0.1) is 0 Å². The Balaban J connectivity index is 2.38. The Kier molecular flexibility index (Phi) is 2.28. The molecule has 1 aliphatic carbocycles. The average molecular weight is 210 g/mol. The van der Waals surface area contributed by atoms with Crippen LogP contribution in [0.15, 0.2) is 11.1 Å². The molecule has 1 saturated heterocycles. The van der Waals surface area contributed by atoms with Gasteiger partial charge in [0, 0.05) is 11.5 Å². The molecule has 2 aliphatic rings. The summed E-state index contributed by atoms with van der Waals surface area (Å²) in [5, 5.41) is 0. The molecule has 0 aromatic heterocycles. The second-order valence-electron chi connectivity index (χ2n) is 4.16. The summed E-state index contributed by atoms with van der Waals surface area (Å²) < 4.78 is 10.6.